The number of amides is 1. The molecule has 3 aromatic rings. The number of ether oxygens (including phenoxy) is 1. The highest BCUT2D eigenvalue weighted by Gasteiger charge is 2.19. The van der Waals surface area contributed by atoms with E-state index in [0.717, 1.165) is 36.5 Å². The Balaban J connectivity index is 1.88. The lowest BCUT2D eigenvalue weighted by molar-refractivity contribution is 0.0975. The molecule has 0 radical (unpaired) electrons. The van der Waals surface area contributed by atoms with Gasteiger partial charge in [-0.2, -0.15) is 0 Å². The summed E-state index contributed by atoms with van der Waals surface area (Å²) >= 11 is 12.4. The van der Waals surface area contributed by atoms with Gasteiger partial charge in [0.15, 0.2) is 5.11 Å². The number of carbonyl (C=O) groups excluding carboxylic acids is 1. The lowest BCUT2D eigenvalue weighted by Gasteiger charge is -2.16. The Kier molecular flexibility index (Phi) is 6.37. The van der Waals surface area contributed by atoms with Crippen molar-refractivity contribution in [3.63, 3.8) is 0 Å². The van der Waals surface area contributed by atoms with Gasteiger partial charge in [0.25, 0.3) is 5.91 Å². The van der Waals surface area contributed by atoms with E-state index >= 15 is 0 Å². The normalized spacial score (nSPS) is 10.6. The van der Waals surface area contributed by atoms with Gasteiger partial charge in [0.05, 0.1) is 17.1 Å². The summed E-state index contributed by atoms with van der Waals surface area (Å²) in [5.41, 5.74) is 3.32. The quantitative estimate of drug-likeness (QED) is 0.408. The van der Waals surface area contributed by atoms with Gasteiger partial charge in [-0.15, -0.1) is 0 Å². The zero-order valence-electron chi connectivity index (χ0n) is 15.5. The zero-order chi connectivity index (χ0) is 20.4. The van der Waals surface area contributed by atoms with Gasteiger partial charge in [0.2, 0.25) is 0 Å². The molecule has 3 rings (SSSR count). The topological polar surface area (TPSA) is 50.4 Å². The fourth-order valence-corrected chi connectivity index (χ4v) is 4.69. The van der Waals surface area contributed by atoms with Crippen molar-refractivity contribution in [3.05, 3.63) is 68.1 Å². The van der Waals surface area contributed by atoms with Crippen LogP contribution in [0.5, 0.6) is 5.75 Å². The molecule has 3 aromatic carbocycles. The highest BCUT2D eigenvalue weighted by molar-refractivity contribution is 9.11. The number of carbonyl (C=O) groups is 1. The summed E-state index contributed by atoms with van der Waals surface area (Å²) in [6.45, 7) is 3.96. The fourth-order valence-electron chi connectivity index (χ4n) is 3.08. The van der Waals surface area contributed by atoms with Crippen LogP contribution in [0.2, 0.25) is 0 Å². The number of hydrogen-bond donors (Lipinski definition) is 2. The molecule has 0 spiro atoms. The molecule has 4 nitrogen and oxygen atoms in total. The second-order valence-corrected chi connectivity index (χ2v) is 8.43. The van der Waals surface area contributed by atoms with Crippen molar-refractivity contribution in [2.75, 3.05) is 12.4 Å². The van der Waals surface area contributed by atoms with Crippen LogP contribution in [0.25, 0.3) is 10.8 Å². The molecule has 144 valence electrons. The van der Waals surface area contributed by atoms with Crippen LogP contribution in [0.4, 0.5) is 5.69 Å². The van der Waals surface area contributed by atoms with E-state index in [1.54, 1.807) is 6.07 Å². The monoisotopic (exact) mass is 520 g/mol. The van der Waals surface area contributed by atoms with Crippen molar-refractivity contribution in [3.8, 4) is 5.75 Å². The molecule has 0 heterocycles. The van der Waals surface area contributed by atoms with Gasteiger partial charge in [-0.3, -0.25) is 10.1 Å². The summed E-state index contributed by atoms with van der Waals surface area (Å²) in [4.78, 5) is 12.9. The van der Waals surface area contributed by atoms with Crippen LogP contribution in [0.3, 0.4) is 0 Å². The molecule has 1 amide bonds. The Morgan fingerprint density at radius 3 is 2.36 bits per heavy atom. The lowest BCUT2D eigenvalue weighted by atomic mass is 10.1. The van der Waals surface area contributed by atoms with Gasteiger partial charge in [0, 0.05) is 10.2 Å². The van der Waals surface area contributed by atoms with Gasteiger partial charge in [-0.1, -0.05) is 40.2 Å². The van der Waals surface area contributed by atoms with Crippen LogP contribution in [-0.2, 0) is 0 Å². The minimum Gasteiger partial charge on any atom is -0.495 e. The van der Waals surface area contributed by atoms with E-state index in [-0.39, 0.29) is 11.0 Å². The van der Waals surface area contributed by atoms with Gasteiger partial charge in [-0.05, 0) is 82.1 Å². The van der Waals surface area contributed by atoms with Gasteiger partial charge in [-0.25, -0.2) is 0 Å². The molecule has 0 aliphatic rings. The molecule has 0 aliphatic carbocycles. The SMILES string of the molecule is COc1c(C(=O)NC(=S)Nc2c(C)cc(Br)cc2C)cc2ccccc2c1Br. The number of methoxy groups -OCH3 is 1. The van der Waals surface area contributed by atoms with Gasteiger partial charge in [0.1, 0.15) is 5.75 Å². The molecule has 0 atom stereocenters. The number of thiocarbonyl (C=S) groups is 1. The molecule has 2 N–H and O–H groups in total. The van der Waals surface area contributed by atoms with E-state index in [9.17, 15) is 4.79 Å². The van der Waals surface area contributed by atoms with Crippen molar-refractivity contribution in [1.29, 1.82) is 0 Å². The van der Waals surface area contributed by atoms with E-state index < -0.39 is 0 Å². The zero-order valence-corrected chi connectivity index (χ0v) is 19.5. The van der Waals surface area contributed by atoms with Crippen molar-refractivity contribution >= 4 is 71.6 Å². The minimum absolute atomic E-state index is 0.227. The molecule has 0 saturated carbocycles. The summed E-state index contributed by atoms with van der Waals surface area (Å²) < 4.78 is 7.21. The average molecular weight is 522 g/mol. The number of hydrogen-bond acceptors (Lipinski definition) is 3. The fraction of sp³-hybridized carbons (Fsp3) is 0.143. The van der Waals surface area contributed by atoms with E-state index in [1.807, 2.05) is 50.2 Å². The van der Waals surface area contributed by atoms with Crippen molar-refractivity contribution in [2.24, 2.45) is 0 Å². The highest BCUT2D eigenvalue weighted by atomic mass is 79.9. The maximum Gasteiger partial charge on any atom is 0.261 e. The van der Waals surface area contributed by atoms with Crippen LogP contribution in [0.15, 0.2) is 51.4 Å². The largest absolute Gasteiger partial charge is 0.495 e. The Morgan fingerprint density at radius 2 is 1.71 bits per heavy atom. The number of aryl methyl sites for hydroxylation is 2. The maximum atomic E-state index is 12.9. The number of nitrogens with one attached hydrogen (secondary N) is 2. The summed E-state index contributed by atoms with van der Waals surface area (Å²) in [7, 11) is 1.54. The molecule has 0 bridgehead atoms. The first kappa shape index (κ1) is 20.8. The molecular weight excluding hydrogens is 504 g/mol. The number of halogens is 2. The second-order valence-electron chi connectivity index (χ2n) is 6.32. The van der Waals surface area contributed by atoms with Crippen LogP contribution in [-0.4, -0.2) is 18.1 Å². The van der Waals surface area contributed by atoms with Crippen LogP contribution >= 0.6 is 44.1 Å². The van der Waals surface area contributed by atoms with Crippen LogP contribution < -0.4 is 15.4 Å². The van der Waals surface area contributed by atoms with Crippen molar-refractivity contribution in [2.45, 2.75) is 13.8 Å². The molecule has 0 aromatic heterocycles. The van der Waals surface area contributed by atoms with E-state index in [2.05, 4.69) is 42.5 Å². The third kappa shape index (κ3) is 4.21. The van der Waals surface area contributed by atoms with Crippen LogP contribution in [0, 0.1) is 13.8 Å². The number of fused-ring (bicyclic) bond motifs is 1. The van der Waals surface area contributed by atoms with Gasteiger partial charge >= 0.3 is 0 Å². The Morgan fingerprint density at radius 1 is 1.07 bits per heavy atom. The van der Waals surface area contributed by atoms with E-state index in [1.165, 1.54) is 7.11 Å². The predicted octanol–water partition coefficient (Wildman–Crippen LogP) is 6.12. The Labute approximate surface area is 185 Å². The summed E-state index contributed by atoms with van der Waals surface area (Å²) in [5.74, 6) is 0.128. The standard InChI is InChI=1S/C21H18Br2N2O2S/c1-11-8-14(22)9-12(2)18(11)24-21(28)25-20(26)16-10-13-6-4-5-7-15(13)17(23)19(16)27-3/h4-10H,1-3H3,(H2,24,25,26,28). The number of benzene rings is 3. The predicted molar refractivity (Wildman–Crippen MR) is 126 cm³/mol. The smallest absolute Gasteiger partial charge is 0.261 e. The molecule has 28 heavy (non-hydrogen) atoms. The van der Waals surface area contributed by atoms with E-state index in [0.29, 0.717) is 11.3 Å². The third-order valence-corrected chi connectivity index (χ3v) is 5.80. The molecule has 7 heteroatoms. The second kappa shape index (κ2) is 8.59. The third-order valence-electron chi connectivity index (χ3n) is 4.35. The van der Waals surface area contributed by atoms with Crippen molar-refractivity contribution in [1.82, 2.24) is 5.32 Å². The average Bonchev–Trinajstić information content (AvgIpc) is 2.64. The number of rotatable bonds is 3. The Hall–Kier alpha value is -1.96. The molecule has 0 aliphatic heterocycles. The molecule has 0 unspecified atom stereocenters. The lowest BCUT2D eigenvalue weighted by Crippen LogP contribution is -2.34. The first-order valence-corrected chi connectivity index (χ1v) is 10.5. The summed E-state index contributed by atoms with van der Waals surface area (Å²) in [6, 6.07) is 13.6. The maximum absolute atomic E-state index is 12.9. The van der Waals surface area contributed by atoms with Crippen molar-refractivity contribution < 1.29 is 9.53 Å². The minimum atomic E-state index is -0.340. The molecule has 0 saturated heterocycles. The van der Waals surface area contributed by atoms with E-state index in [4.69, 9.17) is 17.0 Å². The highest BCUT2D eigenvalue weighted by Crippen LogP contribution is 2.36. The number of anilines is 1. The first-order valence-electron chi connectivity index (χ1n) is 8.46. The summed E-state index contributed by atoms with van der Waals surface area (Å²) in [6.07, 6.45) is 0. The van der Waals surface area contributed by atoms with Crippen LogP contribution in [0.1, 0.15) is 21.5 Å². The summed E-state index contributed by atoms with van der Waals surface area (Å²) in [5, 5.41) is 8.00. The Bertz CT molecular complexity index is 1080. The first-order chi connectivity index (χ1) is 13.3. The molecular formula is C21H18Br2N2O2S. The molecule has 0 fully saturated rings. The van der Waals surface area contributed by atoms with Gasteiger partial charge < -0.3 is 10.1 Å².